The van der Waals surface area contributed by atoms with Crippen molar-refractivity contribution in [2.24, 2.45) is 4.99 Å². The first-order valence-corrected chi connectivity index (χ1v) is 10.9. The highest BCUT2D eigenvalue weighted by Gasteiger charge is 2.25. The van der Waals surface area contributed by atoms with Gasteiger partial charge in [0.1, 0.15) is 12.4 Å². The van der Waals surface area contributed by atoms with Crippen LogP contribution in [0.2, 0.25) is 5.02 Å². The highest BCUT2D eigenvalue weighted by molar-refractivity contribution is 14.0. The number of hydrogen-bond acceptors (Lipinski definition) is 5. The molecule has 7 nitrogen and oxygen atoms in total. The summed E-state index contributed by atoms with van der Waals surface area (Å²) in [6.45, 7) is 2.52. The van der Waals surface area contributed by atoms with E-state index in [1.54, 1.807) is 36.5 Å². The van der Waals surface area contributed by atoms with E-state index in [4.69, 9.17) is 11.6 Å². The van der Waals surface area contributed by atoms with E-state index in [0.717, 1.165) is 38.3 Å². The van der Waals surface area contributed by atoms with Crippen molar-refractivity contribution in [1.29, 1.82) is 0 Å². The van der Waals surface area contributed by atoms with Crippen LogP contribution in [0.3, 0.4) is 0 Å². The summed E-state index contributed by atoms with van der Waals surface area (Å²) in [7, 11) is 3.47. The second-order valence-electron chi connectivity index (χ2n) is 7.09. The van der Waals surface area contributed by atoms with E-state index in [-0.39, 0.29) is 42.5 Å². The molecule has 2 N–H and O–H groups in total. The fourth-order valence-corrected chi connectivity index (χ4v) is 4.02. The lowest BCUT2D eigenvalue weighted by atomic mass is 10.3. The minimum Gasteiger partial charge on any atom is -0.356 e. The van der Waals surface area contributed by atoms with Crippen molar-refractivity contribution in [1.82, 2.24) is 20.5 Å². The molecular weight excluding hydrogens is 535 g/mol. The summed E-state index contributed by atoms with van der Waals surface area (Å²) in [4.78, 5) is 25.9. The molecule has 3 rings (SSSR count). The van der Waals surface area contributed by atoms with Gasteiger partial charge in [-0.25, -0.2) is 9.98 Å². The molecule has 0 radical (unpaired) electrons. The van der Waals surface area contributed by atoms with Gasteiger partial charge in [0.25, 0.3) is 0 Å². The maximum absolute atomic E-state index is 12.0. The maximum Gasteiger partial charge on any atom is 0.243 e. The van der Waals surface area contributed by atoms with Gasteiger partial charge in [0.15, 0.2) is 5.96 Å². The Morgan fingerprint density at radius 3 is 2.93 bits per heavy atom. The molecule has 2 aromatic rings. The average molecular weight is 563 g/mol. The normalized spacial score (nSPS) is 16.2. The van der Waals surface area contributed by atoms with Crippen LogP contribution in [-0.4, -0.2) is 68.1 Å². The molecule has 2 aromatic heterocycles. The minimum absolute atomic E-state index is 0. The number of rotatable bonds is 7. The molecule has 10 heteroatoms. The molecule has 0 aromatic carbocycles. The monoisotopic (exact) mass is 562 g/mol. The lowest BCUT2D eigenvalue weighted by Gasteiger charge is -2.20. The molecule has 3 heterocycles. The van der Waals surface area contributed by atoms with Crippen LogP contribution < -0.4 is 15.5 Å². The van der Waals surface area contributed by atoms with E-state index >= 15 is 0 Å². The number of hydrogen-bond donors (Lipinski definition) is 2. The Morgan fingerprint density at radius 2 is 2.23 bits per heavy atom. The molecule has 1 aliphatic rings. The topological polar surface area (TPSA) is 72.9 Å². The number of pyridine rings is 1. The SMILES string of the molecule is CN(C)C(=O)CN=C(NCCc1cccs1)NC1CCN(c2ncccc2Cl)C1.I. The zero-order valence-corrected chi connectivity index (χ0v) is 21.1. The minimum atomic E-state index is -0.0299. The van der Waals surface area contributed by atoms with E-state index in [1.165, 1.54) is 4.88 Å². The fraction of sp³-hybridized carbons (Fsp3) is 0.450. The Kier molecular flexibility index (Phi) is 10.1. The Labute approximate surface area is 203 Å². The predicted octanol–water partition coefficient (Wildman–Crippen LogP) is 2.86. The van der Waals surface area contributed by atoms with Crippen molar-refractivity contribution in [3.63, 3.8) is 0 Å². The van der Waals surface area contributed by atoms with E-state index in [2.05, 4.69) is 43.0 Å². The van der Waals surface area contributed by atoms with Crippen molar-refractivity contribution in [2.45, 2.75) is 18.9 Å². The quantitative estimate of drug-likeness (QED) is 0.309. The molecule has 0 saturated carbocycles. The molecule has 1 fully saturated rings. The van der Waals surface area contributed by atoms with Crippen molar-refractivity contribution in [3.05, 3.63) is 45.7 Å². The number of carbonyl (C=O) groups excluding carboxylic acids is 1. The molecule has 0 aliphatic carbocycles. The molecule has 164 valence electrons. The van der Waals surface area contributed by atoms with Crippen molar-refractivity contribution in [2.75, 3.05) is 45.2 Å². The zero-order chi connectivity index (χ0) is 20.6. The third kappa shape index (κ3) is 7.28. The molecular formula is C20H28ClIN6OS. The molecule has 30 heavy (non-hydrogen) atoms. The van der Waals surface area contributed by atoms with Crippen LogP contribution in [0, 0.1) is 0 Å². The van der Waals surface area contributed by atoms with E-state index < -0.39 is 0 Å². The highest BCUT2D eigenvalue weighted by Crippen LogP contribution is 2.25. The number of likely N-dealkylation sites (N-methyl/N-ethyl adjacent to an activating group) is 1. The third-order valence-electron chi connectivity index (χ3n) is 4.68. The zero-order valence-electron chi connectivity index (χ0n) is 17.2. The summed E-state index contributed by atoms with van der Waals surface area (Å²) >= 11 is 8.03. The molecule has 1 saturated heterocycles. The van der Waals surface area contributed by atoms with E-state index in [9.17, 15) is 4.79 Å². The summed E-state index contributed by atoms with van der Waals surface area (Å²) in [5.74, 6) is 1.44. The van der Waals surface area contributed by atoms with Crippen LogP contribution in [-0.2, 0) is 11.2 Å². The van der Waals surface area contributed by atoms with Crippen LogP contribution in [0.25, 0.3) is 0 Å². The molecule has 0 spiro atoms. The fourth-order valence-electron chi connectivity index (χ4n) is 3.07. The van der Waals surface area contributed by atoms with Gasteiger partial charge in [0.05, 0.1) is 5.02 Å². The van der Waals surface area contributed by atoms with Gasteiger partial charge in [-0.2, -0.15) is 0 Å². The third-order valence-corrected chi connectivity index (χ3v) is 5.91. The molecule has 0 bridgehead atoms. The van der Waals surface area contributed by atoms with Crippen LogP contribution in [0.15, 0.2) is 40.8 Å². The number of thiophene rings is 1. The summed E-state index contributed by atoms with van der Waals surface area (Å²) < 4.78 is 0. The van der Waals surface area contributed by atoms with Crippen molar-refractivity contribution < 1.29 is 4.79 Å². The number of anilines is 1. The van der Waals surface area contributed by atoms with Gasteiger partial charge in [-0.15, -0.1) is 35.3 Å². The van der Waals surface area contributed by atoms with Gasteiger partial charge >= 0.3 is 0 Å². The molecule has 1 unspecified atom stereocenters. The lowest BCUT2D eigenvalue weighted by Crippen LogP contribution is -2.45. The van der Waals surface area contributed by atoms with E-state index in [1.807, 2.05) is 12.1 Å². The largest absolute Gasteiger partial charge is 0.356 e. The summed E-state index contributed by atoms with van der Waals surface area (Å²) in [6.07, 6.45) is 3.62. The average Bonchev–Trinajstić information content (AvgIpc) is 3.38. The van der Waals surface area contributed by atoms with Gasteiger partial charge in [0, 0.05) is 50.8 Å². The van der Waals surface area contributed by atoms with Gasteiger partial charge < -0.3 is 20.4 Å². The number of aliphatic imine (C=N–C) groups is 1. The molecule has 1 aliphatic heterocycles. The van der Waals surface area contributed by atoms with Crippen LogP contribution in [0.4, 0.5) is 5.82 Å². The highest BCUT2D eigenvalue weighted by atomic mass is 127. The first-order chi connectivity index (χ1) is 14.0. The first-order valence-electron chi connectivity index (χ1n) is 9.66. The number of halogens is 2. The second kappa shape index (κ2) is 12.3. The van der Waals surface area contributed by atoms with Gasteiger partial charge in [-0.3, -0.25) is 4.79 Å². The number of nitrogens with zero attached hydrogens (tertiary/aromatic N) is 4. The Morgan fingerprint density at radius 1 is 1.40 bits per heavy atom. The van der Waals surface area contributed by atoms with Crippen LogP contribution >= 0.6 is 46.9 Å². The first kappa shape index (κ1) is 24.7. The second-order valence-corrected chi connectivity index (χ2v) is 8.53. The predicted molar refractivity (Wildman–Crippen MR) is 135 cm³/mol. The lowest BCUT2D eigenvalue weighted by molar-refractivity contribution is -0.127. The number of guanidine groups is 1. The Bertz CT molecular complexity index is 832. The van der Waals surface area contributed by atoms with Crippen LogP contribution in [0.1, 0.15) is 11.3 Å². The van der Waals surface area contributed by atoms with Crippen molar-refractivity contribution in [3.8, 4) is 0 Å². The smallest absolute Gasteiger partial charge is 0.243 e. The van der Waals surface area contributed by atoms with Gasteiger partial charge in [-0.1, -0.05) is 17.7 Å². The summed E-state index contributed by atoms with van der Waals surface area (Å²) in [5, 5.41) is 9.57. The number of nitrogens with one attached hydrogen (secondary N) is 2. The maximum atomic E-state index is 12.0. The van der Waals surface area contributed by atoms with Crippen LogP contribution in [0.5, 0.6) is 0 Å². The molecule has 1 amide bonds. The van der Waals surface area contributed by atoms with Gasteiger partial charge in [-0.05, 0) is 36.4 Å². The standard InChI is InChI=1S/C20H27ClN6OS.HI/c1-26(2)18(28)13-24-20(23-10-7-16-5-4-12-29-16)25-15-8-11-27(14-15)19-17(21)6-3-9-22-19;/h3-6,9,12,15H,7-8,10-11,13-14H2,1-2H3,(H2,23,24,25);1H. The number of amides is 1. The number of aromatic nitrogens is 1. The molecule has 1 atom stereocenters. The summed E-state index contributed by atoms with van der Waals surface area (Å²) in [6, 6.07) is 8.07. The summed E-state index contributed by atoms with van der Waals surface area (Å²) in [5.41, 5.74) is 0. The number of carbonyl (C=O) groups is 1. The van der Waals surface area contributed by atoms with Crippen molar-refractivity contribution >= 4 is 64.6 Å². The Hall–Kier alpha value is -1.59. The van der Waals surface area contributed by atoms with Gasteiger partial charge in [0.2, 0.25) is 5.91 Å². The van der Waals surface area contributed by atoms with E-state index in [0.29, 0.717) is 11.0 Å². The Balaban J connectivity index is 0.00000320.